The van der Waals surface area contributed by atoms with Crippen LogP contribution in [0.5, 0.6) is 0 Å². The molecule has 0 aromatic carbocycles. The molecule has 1 N–H and O–H groups in total. The van der Waals surface area contributed by atoms with Crippen LogP contribution in [0.1, 0.15) is 59.3 Å². The minimum Gasteiger partial charge on any atom is -0.444 e. The third-order valence-electron chi connectivity index (χ3n) is 4.80. The number of hydrogen-bond donors (Lipinski definition) is 1. The number of carbonyl (C=O) groups is 2. The van der Waals surface area contributed by atoms with Crippen LogP contribution in [0.2, 0.25) is 0 Å². The lowest BCUT2D eigenvalue weighted by Crippen LogP contribution is -2.44. The Morgan fingerprint density at radius 2 is 1.96 bits per heavy atom. The lowest BCUT2D eigenvalue weighted by molar-refractivity contribution is -0.135. The van der Waals surface area contributed by atoms with Crippen molar-refractivity contribution in [3.05, 3.63) is 0 Å². The molecule has 0 aromatic heterocycles. The number of ether oxygens (including phenoxy) is 1. The van der Waals surface area contributed by atoms with Crippen LogP contribution >= 0.6 is 0 Å². The number of nitrogens with zero attached hydrogens (tertiary/aromatic N) is 1. The molecular weight excluding hydrogens is 304 g/mol. The number of rotatable bonds is 3. The van der Waals surface area contributed by atoms with E-state index in [4.69, 9.17) is 11.2 Å². The highest BCUT2D eigenvalue weighted by molar-refractivity contribution is 5.77. The third-order valence-corrected chi connectivity index (χ3v) is 4.80. The highest BCUT2D eigenvalue weighted by atomic mass is 16.6. The summed E-state index contributed by atoms with van der Waals surface area (Å²) in [7, 11) is 0. The zero-order chi connectivity index (χ0) is 17.7. The van der Waals surface area contributed by atoms with Gasteiger partial charge in [0, 0.05) is 31.5 Å². The molecule has 2 amide bonds. The van der Waals surface area contributed by atoms with E-state index in [-0.39, 0.29) is 24.0 Å². The molecule has 1 atom stereocenters. The number of carbonyl (C=O) groups excluding carboxylic acids is 2. The van der Waals surface area contributed by atoms with Crippen LogP contribution in [0.25, 0.3) is 0 Å². The van der Waals surface area contributed by atoms with E-state index in [0.717, 1.165) is 45.2 Å². The maximum atomic E-state index is 12.1. The van der Waals surface area contributed by atoms with Gasteiger partial charge in [-0.15, -0.1) is 12.3 Å². The van der Waals surface area contributed by atoms with E-state index in [2.05, 4.69) is 11.2 Å². The van der Waals surface area contributed by atoms with E-state index in [1.165, 1.54) is 0 Å². The predicted octanol–water partition coefficient (Wildman–Crippen LogP) is 2.94. The van der Waals surface area contributed by atoms with Crippen LogP contribution in [-0.4, -0.2) is 41.6 Å². The smallest absolute Gasteiger partial charge is 0.407 e. The van der Waals surface area contributed by atoms with Gasteiger partial charge in [-0.1, -0.05) is 0 Å². The topological polar surface area (TPSA) is 58.6 Å². The Morgan fingerprint density at radius 3 is 2.50 bits per heavy atom. The van der Waals surface area contributed by atoms with E-state index in [0.29, 0.717) is 12.3 Å². The van der Waals surface area contributed by atoms with Crippen LogP contribution in [-0.2, 0) is 9.53 Å². The molecule has 1 aliphatic carbocycles. The van der Waals surface area contributed by atoms with Gasteiger partial charge in [0.1, 0.15) is 5.60 Å². The molecule has 0 spiro atoms. The number of likely N-dealkylation sites (tertiary alicyclic amines) is 1. The molecule has 1 saturated carbocycles. The molecule has 5 nitrogen and oxygen atoms in total. The molecule has 1 saturated heterocycles. The van der Waals surface area contributed by atoms with Gasteiger partial charge in [0.05, 0.1) is 0 Å². The largest absolute Gasteiger partial charge is 0.444 e. The van der Waals surface area contributed by atoms with Gasteiger partial charge in [-0.25, -0.2) is 4.79 Å². The third kappa shape index (κ3) is 5.74. The quantitative estimate of drug-likeness (QED) is 0.807. The Hall–Kier alpha value is -1.70. The Balaban J connectivity index is 1.71. The van der Waals surface area contributed by atoms with Crippen LogP contribution in [0.4, 0.5) is 4.79 Å². The summed E-state index contributed by atoms with van der Waals surface area (Å²) in [5.41, 5.74) is -0.466. The van der Waals surface area contributed by atoms with Crippen LogP contribution in [0.15, 0.2) is 0 Å². The average Bonchev–Trinajstić information content (AvgIpc) is 2.49. The number of alkyl carbamates (subject to hydrolysis) is 1. The summed E-state index contributed by atoms with van der Waals surface area (Å²) in [6.45, 7) is 7.20. The van der Waals surface area contributed by atoms with Crippen molar-refractivity contribution in [2.45, 2.75) is 70.9 Å². The van der Waals surface area contributed by atoms with Crippen LogP contribution in [0, 0.1) is 24.2 Å². The first-order valence-electron chi connectivity index (χ1n) is 9.00. The summed E-state index contributed by atoms with van der Waals surface area (Å²) in [5.74, 6) is 3.53. The second kappa shape index (κ2) is 7.92. The highest BCUT2D eigenvalue weighted by Crippen LogP contribution is 2.27. The average molecular weight is 334 g/mol. The molecule has 2 aliphatic rings. The molecule has 1 unspecified atom stereocenters. The fourth-order valence-electron chi connectivity index (χ4n) is 3.49. The SMILES string of the molecule is C#CC1CCN(CC2CCC(NC(=O)OC(C)(C)C)CC2)C(=O)C1. The summed E-state index contributed by atoms with van der Waals surface area (Å²) in [4.78, 5) is 25.9. The zero-order valence-corrected chi connectivity index (χ0v) is 15.1. The van der Waals surface area contributed by atoms with Gasteiger partial charge in [-0.3, -0.25) is 4.79 Å². The van der Waals surface area contributed by atoms with Crippen molar-refractivity contribution in [3.8, 4) is 12.3 Å². The highest BCUT2D eigenvalue weighted by Gasteiger charge is 2.29. The molecule has 5 heteroatoms. The first kappa shape index (κ1) is 18.6. The Labute approximate surface area is 145 Å². The van der Waals surface area contributed by atoms with Gasteiger partial charge in [0.25, 0.3) is 0 Å². The van der Waals surface area contributed by atoms with E-state index < -0.39 is 5.60 Å². The lowest BCUT2D eigenvalue weighted by atomic mass is 9.85. The van der Waals surface area contributed by atoms with Crippen molar-refractivity contribution < 1.29 is 14.3 Å². The van der Waals surface area contributed by atoms with Gasteiger partial charge in [0.2, 0.25) is 5.91 Å². The van der Waals surface area contributed by atoms with E-state index in [9.17, 15) is 9.59 Å². The summed E-state index contributed by atoms with van der Waals surface area (Å²) >= 11 is 0. The Morgan fingerprint density at radius 1 is 1.29 bits per heavy atom. The number of piperidine rings is 1. The van der Waals surface area contributed by atoms with Crippen molar-refractivity contribution in [1.29, 1.82) is 0 Å². The second-order valence-electron chi connectivity index (χ2n) is 8.06. The first-order chi connectivity index (χ1) is 11.3. The molecule has 134 valence electrons. The molecule has 2 rings (SSSR count). The number of hydrogen-bond acceptors (Lipinski definition) is 3. The monoisotopic (exact) mass is 334 g/mol. The predicted molar refractivity (Wildman–Crippen MR) is 93.3 cm³/mol. The maximum Gasteiger partial charge on any atom is 0.407 e. The van der Waals surface area contributed by atoms with Crippen LogP contribution < -0.4 is 5.32 Å². The summed E-state index contributed by atoms with van der Waals surface area (Å²) in [6, 6.07) is 0.180. The van der Waals surface area contributed by atoms with E-state index >= 15 is 0 Å². The van der Waals surface area contributed by atoms with Gasteiger partial charge < -0.3 is 15.0 Å². The summed E-state index contributed by atoms with van der Waals surface area (Å²) < 4.78 is 5.30. The normalized spacial score (nSPS) is 28.2. The van der Waals surface area contributed by atoms with Crippen LogP contribution in [0.3, 0.4) is 0 Å². The molecule has 0 aromatic rings. The number of amides is 2. The zero-order valence-electron chi connectivity index (χ0n) is 15.1. The van der Waals surface area contributed by atoms with Crippen molar-refractivity contribution in [3.63, 3.8) is 0 Å². The van der Waals surface area contributed by atoms with Crippen molar-refractivity contribution in [2.24, 2.45) is 11.8 Å². The van der Waals surface area contributed by atoms with Crippen molar-refractivity contribution >= 4 is 12.0 Å². The van der Waals surface area contributed by atoms with Gasteiger partial charge >= 0.3 is 6.09 Å². The Kier molecular flexibility index (Phi) is 6.15. The second-order valence-corrected chi connectivity index (χ2v) is 8.06. The van der Waals surface area contributed by atoms with Gasteiger partial charge in [0.15, 0.2) is 0 Å². The molecule has 0 bridgehead atoms. The van der Waals surface area contributed by atoms with Crippen molar-refractivity contribution in [1.82, 2.24) is 10.2 Å². The van der Waals surface area contributed by atoms with E-state index in [1.807, 2.05) is 25.7 Å². The van der Waals surface area contributed by atoms with Crippen molar-refractivity contribution in [2.75, 3.05) is 13.1 Å². The molecule has 1 aliphatic heterocycles. The number of nitrogens with one attached hydrogen (secondary N) is 1. The molecule has 2 fully saturated rings. The molecule has 24 heavy (non-hydrogen) atoms. The maximum absolute atomic E-state index is 12.1. The fourth-order valence-corrected chi connectivity index (χ4v) is 3.49. The van der Waals surface area contributed by atoms with Gasteiger partial charge in [-0.2, -0.15) is 0 Å². The fraction of sp³-hybridized carbons (Fsp3) is 0.789. The molecule has 0 radical (unpaired) electrons. The molecule has 1 heterocycles. The summed E-state index contributed by atoms with van der Waals surface area (Å²) in [5, 5.41) is 2.96. The molecular formula is C19H30N2O3. The van der Waals surface area contributed by atoms with E-state index in [1.54, 1.807) is 0 Å². The minimum absolute atomic E-state index is 0.113. The summed E-state index contributed by atoms with van der Waals surface area (Å²) in [6.07, 6.45) is 10.4. The minimum atomic E-state index is -0.466. The Bertz CT molecular complexity index is 496. The standard InChI is InChI=1S/C19H30N2O3/c1-5-14-10-11-21(17(22)12-14)13-15-6-8-16(9-7-15)20-18(23)24-19(2,3)4/h1,14-16H,6-13H2,2-4H3,(H,20,23). The first-order valence-corrected chi connectivity index (χ1v) is 9.00. The number of terminal acetylenes is 1. The lowest BCUT2D eigenvalue weighted by Gasteiger charge is -2.36. The van der Waals surface area contributed by atoms with Gasteiger partial charge in [-0.05, 0) is 58.8 Å².